The molecule has 1 unspecified atom stereocenters. The van der Waals surface area contributed by atoms with E-state index in [0.29, 0.717) is 0 Å². The first kappa shape index (κ1) is 11.8. The van der Waals surface area contributed by atoms with E-state index in [4.69, 9.17) is 0 Å². The summed E-state index contributed by atoms with van der Waals surface area (Å²) in [6, 6.07) is 5.85. The minimum Gasteiger partial charge on any atom is -0.388 e. The number of aliphatic hydroxyl groups is 1. The summed E-state index contributed by atoms with van der Waals surface area (Å²) in [5, 5.41) is 9.70. The van der Waals surface area contributed by atoms with E-state index in [2.05, 4.69) is 4.98 Å². The lowest BCUT2D eigenvalue weighted by Crippen LogP contribution is -2.03. The fraction of sp³-hybridized carbons (Fsp3) is 0.250. The van der Waals surface area contributed by atoms with Crippen molar-refractivity contribution in [1.82, 2.24) is 4.98 Å². The molecule has 2 heterocycles. The molecule has 2 nitrogen and oxygen atoms in total. The van der Waals surface area contributed by atoms with Crippen LogP contribution in [0.25, 0.3) is 6.08 Å². The Labute approximate surface area is 103 Å². The van der Waals surface area contributed by atoms with Crippen LogP contribution in [0.4, 0.5) is 0 Å². The lowest BCUT2D eigenvalue weighted by atomic mass is 10.2. The summed E-state index contributed by atoms with van der Waals surface area (Å²) in [7, 11) is 3.31. The average Bonchev–Trinajstić information content (AvgIpc) is 2.78. The van der Waals surface area contributed by atoms with E-state index in [0.717, 1.165) is 21.9 Å². The summed E-state index contributed by atoms with van der Waals surface area (Å²) < 4.78 is 0. The van der Waals surface area contributed by atoms with Crippen LogP contribution in [0.5, 0.6) is 0 Å². The first-order chi connectivity index (χ1) is 7.79. The molecule has 1 aliphatic heterocycles. The third-order valence-corrected chi connectivity index (χ3v) is 4.71. The molecule has 0 aliphatic carbocycles. The minimum absolute atomic E-state index is 0.327. The maximum atomic E-state index is 9.70. The number of hydrogen-bond acceptors (Lipinski definition) is 4. The quantitative estimate of drug-likeness (QED) is 0.834. The van der Waals surface area contributed by atoms with Crippen molar-refractivity contribution in [3.05, 3.63) is 46.0 Å². The molecule has 0 saturated heterocycles. The van der Waals surface area contributed by atoms with E-state index in [-0.39, 0.29) is 6.10 Å². The van der Waals surface area contributed by atoms with Gasteiger partial charge >= 0.3 is 0 Å². The van der Waals surface area contributed by atoms with E-state index in [1.54, 1.807) is 27.8 Å². The summed E-state index contributed by atoms with van der Waals surface area (Å²) in [4.78, 5) is 6.42. The van der Waals surface area contributed by atoms with Crippen molar-refractivity contribution in [3.63, 3.8) is 0 Å². The van der Waals surface area contributed by atoms with E-state index >= 15 is 0 Å². The monoisotopic (exact) mass is 251 g/mol. The maximum Gasteiger partial charge on any atom is 0.0854 e. The third kappa shape index (κ3) is 2.90. The second-order valence-electron chi connectivity index (χ2n) is 3.44. The Hall–Kier alpha value is -0.710. The Bertz CT molecular complexity index is 414. The molecule has 4 heteroatoms. The SMILES string of the molecule is CCC(O)C1=C/C(=C/c2ccccn2)SS1. The largest absolute Gasteiger partial charge is 0.388 e. The molecule has 0 saturated carbocycles. The van der Waals surface area contributed by atoms with Crippen LogP contribution in [0.1, 0.15) is 19.0 Å². The number of allylic oxidation sites excluding steroid dienone is 1. The molecule has 0 spiro atoms. The van der Waals surface area contributed by atoms with Gasteiger partial charge in [-0.1, -0.05) is 34.6 Å². The number of aromatic nitrogens is 1. The van der Waals surface area contributed by atoms with Crippen molar-refractivity contribution in [1.29, 1.82) is 0 Å². The van der Waals surface area contributed by atoms with Gasteiger partial charge in [-0.2, -0.15) is 0 Å². The summed E-state index contributed by atoms with van der Waals surface area (Å²) in [6.45, 7) is 1.98. The number of hydrogen-bond donors (Lipinski definition) is 1. The normalized spacial score (nSPS) is 19.9. The Morgan fingerprint density at radius 3 is 3.00 bits per heavy atom. The third-order valence-electron chi connectivity index (χ3n) is 2.21. The predicted octanol–water partition coefficient (Wildman–Crippen LogP) is 3.47. The van der Waals surface area contributed by atoms with Crippen LogP contribution in [0.15, 0.2) is 40.3 Å². The van der Waals surface area contributed by atoms with Gasteiger partial charge in [0.15, 0.2) is 0 Å². The molecule has 84 valence electrons. The lowest BCUT2D eigenvalue weighted by Gasteiger charge is -2.04. The summed E-state index contributed by atoms with van der Waals surface area (Å²) in [6.07, 6.45) is 6.29. The molecule has 1 aliphatic rings. The topological polar surface area (TPSA) is 33.1 Å². The fourth-order valence-electron chi connectivity index (χ4n) is 1.31. The number of pyridine rings is 1. The summed E-state index contributed by atoms with van der Waals surface area (Å²) >= 11 is 0. The molecule has 0 fully saturated rings. The maximum absolute atomic E-state index is 9.70. The van der Waals surface area contributed by atoms with Crippen molar-refractivity contribution in [2.24, 2.45) is 0 Å². The predicted molar refractivity (Wildman–Crippen MR) is 71.8 cm³/mol. The smallest absolute Gasteiger partial charge is 0.0854 e. The first-order valence-electron chi connectivity index (χ1n) is 5.16. The van der Waals surface area contributed by atoms with E-state index in [1.807, 2.05) is 37.3 Å². The molecule has 1 atom stereocenters. The van der Waals surface area contributed by atoms with Gasteiger partial charge in [0.25, 0.3) is 0 Å². The molecule has 1 N–H and O–H groups in total. The number of rotatable bonds is 3. The molecular weight excluding hydrogens is 238 g/mol. The van der Waals surface area contributed by atoms with Gasteiger partial charge in [-0.3, -0.25) is 4.98 Å². The van der Waals surface area contributed by atoms with Crippen LogP contribution in [-0.4, -0.2) is 16.2 Å². The minimum atomic E-state index is -0.327. The highest BCUT2D eigenvalue weighted by atomic mass is 33.1. The van der Waals surface area contributed by atoms with Crippen LogP contribution < -0.4 is 0 Å². The average molecular weight is 251 g/mol. The second kappa shape index (κ2) is 5.57. The number of nitrogens with zero attached hydrogens (tertiary/aromatic N) is 1. The second-order valence-corrected chi connectivity index (χ2v) is 5.71. The van der Waals surface area contributed by atoms with Crippen molar-refractivity contribution in [2.45, 2.75) is 19.4 Å². The van der Waals surface area contributed by atoms with Gasteiger partial charge in [0.05, 0.1) is 11.8 Å². The molecule has 1 aromatic heterocycles. The molecule has 16 heavy (non-hydrogen) atoms. The molecular formula is C12H13NOS2. The molecule has 0 amide bonds. The highest BCUT2D eigenvalue weighted by Gasteiger charge is 2.17. The van der Waals surface area contributed by atoms with Crippen LogP contribution in [-0.2, 0) is 0 Å². The molecule has 1 aromatic rings. The van der Waals surface area contributed by atoms with Gasteiger partial charge in [-0.15, -0.1) is 0 Å². The summed E-state index contributed by atoms with van der Waals surface area (Å²) in [5.74, 6) is 0. The van der Waals surface area contributed by atoms with Crippen LogP contribution in [0, 0.1) is 0 Å². The van der Waals surface area contributed by atoms with Gasteiger partial charge in [-0.25, -0.2) is 0 Å². The van der Waals surface area contributed by atoms with Gasteiger partial charge < -0.3 is 5.11 Å². The highest BCUT2D eigenvalue weighted by Crippen LogP contribution is 2.46. The zero-order valence-corrected chi connectivity index (χ0v) is 10.6. The van der Waals surface area contributed by atoms with Gasteiger partial charge in [0, 0.05) is 16.0 Å². The molecule has 0 bridgehead atoms. The van der Waals surface area contributed by atoms with Crippen LogP contribution in [0.3, 0.4) is 0 Å². The Morgan fingerprint density at radius 1 is 1.44 bits per heavy atom. The lowest BCUT2D eigenvalue weighted by molar-refractivity contribution is 0.215. The van der Waals surface area contributed by atoms with Crippen molar-refractivity contribution in [2.75, 3.05) is 0 Å². The van der Waals surface area contributed by atoms with E-state index in [9.17, 15) is 5.11 Å². The van der Waals surface area contributed by atoms with Gasteiger partial charge in [0.2, 0.25) is 0 Å². The standard InChI is InChI=1S/C12H13NOS2/c1-2-11(14)12-8-10(15-16-12)7-9-5-3-4-6-13-9/h3-8,11,14H,2H2,1H3/b10-7-. The van der Waals surface area contributed by atoms with Crippen molar-refractivity contribution < 1.29 is 5.11 Å². The summed E-state index contributed by atoms with van der Waals surface area (Å²) in [5.41, 5.74) is 0.953. The molecule has 0 radical (unpaired) electrons. The van der Waals surface area contributed by atoms with E-state index in [1.165, 1.54) is 0 Å². The Morgan fingerprint density at radius 2 is 2.31 bits per heavy atom. The number of aliphatic hydroxyl groups excluding tert-OH is 1. The van der Waals surface area contributed by atoms with Gasteiger partial charge in [-0.05, 0) is 30.7 Å². The van der Waals surface area contributed by atoms with E-state index < -0.39 is 0 Å². The highest BCUT2D eigenvalue weighted by molar-refractivity contribution is 8.80. The zero-order chi connectivity index (χ0) is 11.4. The van der Waals surface area contributed by atoms with Crippen LogP contribution >= 0.6 is 21.6 Å². The van der Waals surface area contributed by atoms with Gasteiger partial charge in [0.1, 0.15) is 0 Å². The molecule has 0 aromatic carbocycles. The Balaban J connectivity index is 2.14. The van der Waals surface area contributed by atoms with Crippen LogP contribution in [0.2, 0.25) is 0 Å². The zero-order valence-electron chi connectivity index (χ0n) is 8.96. The first-order valence-corrected chi connectivity index (χ1v) is 7.31. The van der Waals surface area contributed by atoms with Crippen molar-refractivity contribution >= 4 is 27.7 Å². The fourth-order valence-corrected chi connectivity index (χ4v) is 3.72. The Kier molecular flexibility index (Phi) is 4.09. The molecule has 2 rings (SSSR count). The van der Waals surface area contributed by atoms with Crippen molar-refractivity contribution in [3.8, 4) is 0 Å².